The highest BCUT2D eigenvalue weighted by atomic mass is 16.7. The van der Waals surface area contributed by atoms with Gasteiger partial charge in [-0.3, -0.25) is 14.4 Å². The normalized spacial score (nSPS) is 27.2. The number of carbonyl (C=O) groups is 2. The minimum Gasteiger partial charge on any atom is -0.496 e. The number of rotatable bonds is 13. The number of nitrogens with two attached hydrogens (primary N) is 1. The number of hydrogen-bond acceptors (Lipinski definition) is 9. The van der Waals surface area contributed by atoms with E-state index in [2.05, 4.69) is 45.3 Å². The van der Waals surface area contributed by atoms with Gasteiger partial charge in [-0.05, 0) is 74.4 Å². The Bertz CT molecular complexity index is 1480. The summed E-state index contributed by atoms with van der Waals surface area (Å²) >= 11 is 0. The molecule has 1 heterocycles. The number of methoxy groups -OCH3 is 1. The molecule has 0 spiro atoms. The monoisotopic (exact) mass is 694 g/mol. The molecule has 11 heteroatoms. The summed E-state index contributed by atoms with van der Waals surface area (Å²) in [4.78, 5) is 37.9. The summed E-state index contributed by atoms with van der Waals surface area (Å²) in [5, 5.41) is 19.1. The van der Waals surface area contributed by atoms with E-state index in [9.17, 15) is 14.7 Å². The molecular weight excluding hydrogens is 632 g/mol. The lowest BCUT2D eigenvalue weighted by Gasteiger charge is -2.50. The predicted molar refractivity (Wildman–Crippen MR) is 200 cm³/mol. The molecule has 1 saturated heterocycles. The van der Waals surface area contributed by atoms with Crippen LogP contribution in [0.2, 0.25) is 0 Å². The zero-order chi connectivity index (χ0) is 37.1. The Morgan fingerprint density at radius 1 is 1.14 bits per heavy atom. The molecule has 2 amide bonds. The van der Waals surface area contributed by atoms with Crippen LogP contribution in [-0.4, -0.2) is 106 Å². The minimum absolute atomic E-state index is 0.00469. The van der Waals surface area contributed by atoms with Gasteiger partial charge in [0.05, 0.1) is 25.9 Å². The lowest BCUT2D eigenvalue weighted by atomic mass is 9.58. The SMILES string of the molecule is COc1c(CN2O[C@@H](CN)[C@@H]([C@H](C)O)[C@H]2C(=O)N[C@H]2C[C@@H](C)C(C)(C)[C@@H](C)[C@@H]2C)cccc1-c1cc(C(=O)NCCN(C)C)cc(N(C)C)c1. The van der Waals surface area contributed by atoms with Gasteiger partial charge in [-0.25, -0.2) is 0 Å². The molecule has 5 N–H and O–H groups in total. The van der Waals surface area contributed by atoms with Crippen LogP contribution >= 0.6 is 0 Å². The van der Waals surface area contributed by atoms with Crippen molar-refractivity contribution in [2.24, 2.45) is 34.8 Å². The fraction of sp³-hybridized carbons (Fsp3) is 0.641. The number of aliphatic hydroxyl groups is 1. The summed E-state index contributed by atoms with van der Waals surface area (Å²) in [6.07, 6.45) is -0.477. The first kappa shape index (κ1) is 39.6. The molecule has 2 aromatic rings. The zero-order valence-corrected chi connectivity index (χ0v) is 32.1. The molecule has 2 fully saturated rings. The van der Waals surface area contributed by atoms with E-state index in [-0.39, 0.29) is 42.3 Å². The predicted octanol–water partition coefficient (Wildman–Crippen LogP) is 3.98. The molecule has 1 aliphatic carbocycles. The smallest absolute Gasteiger partial charge is 0.251 e. The standard InChI is InChI=1S/C39H62N6O5/c1-23-17-32(24(2)25(3)39(23,5)6)42-38(48)35-34(26(4)46)33(21-40)50-45(35)22-27-13-12-14-31(36(27)49-11)28-18-29(20-30(19-28)44(9)10)37(47)41-15-16-43(7)8/h12-14,18-20,23-26,32-35,46H,15-17,21-22,40H2,1-11H3,(H,41,47)(H,42,48)/t23-,24+,25+,26+,32+,33+,34-,35+/m1/s1. The maximum atomic E-state index is 14.3. The molecule has 11 nitrogen and oxygen atoms in total. The van der Waals surface area contributed by atoms with E-state index < -0.39 is 24.2 Å². The number of hydroxylamine groups is 2. The van der Waals surface area contributed by atoms with Gasteiger partial charge in [-0.1, -0.05) is 52.8 Å². The van der Waals surface area contributed by atoms with Crippen molar-refractivity contribution in [1.29, 1.82) is 0 Å². The first-order valence-corrected chi connectivity index (χ1v) is 18.0. The van der Waals surface area contributed by atoms with Gasteiger partial charge in [-0.2, -0.15) is 5.06 Å². The Hall–Kier alpha value is -3.22. The first-order valence-electron chi connectivity index (χ1n) is 18.0. The molecule has 4 rings (SSSR count). The largest absolute Gasteiger partial charge is 0.496 e. The molecule has 0 unspecified atom stereocenters. The molecule has 2 aliphatic rings. The number of anilines is 1. The molecule has 50 heavy (non-hydrogen) atoms. The van der Waals surface area contributed by atoms with Gasteiger partial charge in [0.15, 0.2) is 0 Å². The maximum absolute atomic E-state index is 14.3. The third-order valence-corrected chi connectivity index (χ3v) is 11.7. The van der Waals surface area contributed by atoms with Crippen LogP contribution < -0.4 is 26.0 Å². The van der Waals surface area contributed by atoms with E-state index in [1.807, 2.05) is 74.4 Å². The maximum Gasteiger partial charge on any atom is 0.251 e. The second kappa shape index (κ2) is 16.4. The summed E-state index contributed by atoms with van der Waals surface area (Å²) < 4.78 is 6.06. The molecule has 0 radical (unpaired) electrons. The number of hydrogen-bond donors (Lipinski definition) is 4. The highest BCUT2D eigenvalue weighted by Gasteiger charge is 2.51. The number of para-hydroxylation sites is 1. The number of ether oxygens (including phenoxy) is 1. The second-order valence-corrected chi connectivity index (χ2v) is 15.7. The lowest BCUT2D eigenvalue weighted by molar-refractivity contribution is -0.174. The number of nitrogens with zero attached hydrogens (tertiary/aromatic N) is 3. The van der Waals surface area contributed by atoms with Crippen LogP contribution in [0.1, 0.15) is 63.9 Å². The van der Waals surface area contributed by atoms with Crippen LogP contribution in [-0.2, 0) is 16.2 Å². The number of likely N-dealkylation sites (N-methyl/N-ethyl adjacent to an activating group) is 1. The molecule has 2 aromatic carbocycles. The Morgan fingerprint density at radius 2 is 1.84 bits per heavy atom. The third kappa shape index (κ3) is 8.45. The molecule has 1 aliphatic heterocycles. The third-order valence-electron chi connectivity index (χ3n) is 11.7. The molecule has 278 valence electrons. The van der Waals surface area contributed by atoms with Gasteiger partial charge in [-0.15, -0.1) is 0 Å². The molecule has 0 aromatic heterocycles. The van der Waals surface area contributed by atoms with E-state index in [1.165, 1.54) is 0 Å². The van der Waals surface area contributed by atoms with Gasteiger partial charge in [0.2, 0.25) is 5.91 Å². The van der Waals surface area contributed by atoms with Crippen molar-refractivity contribution in [3.8, 4) is 16.9 Å². The number of benzene rings is 2. The van der Waals surface area contributed by atoms with Crippen LogP contribution in [0, 0.1) is 29.1 Å². The Morgan fingerprint density at radius 3 is 2.44 bits per heavy atom. The van der Waals surface area contributed by atoms with Gasteiger partial charge in [0, 0.05) is 68.1 Å². The Kier molecular flexibility index (Phi) is 13.0. The van der Waals surface area contributed by atoms with Crippen LogP contribution in [0.4, 0.5) is 5.69 Å². The average molecular weight is 695 g/mol. The summed E-state index contributed by atoms with van der Waals surface area (Å²) in [6.45, 7) is 14.8. The van der Waals surface area contributed by atoms with Crippen molar-refractivity contribution in [2.75, 3.05) is 59.8 Å². The number of carbonyl (C=O) groups excluding carboxylic acids is 2. The van der Waals surface area contributed by atoms with Crippen molar-refractivity contribution < 1.29 is 24.3 Å². The van der Waals surface area contributed by atoms with Crippen molar-refractivity contribution in [2.45, 2.75) is 78.8 Å². The van der Waals surface area contributed by atoms with Gasteiger partial charge in [0.1, 0.15) is 11.8 Å². The Labute approximate surface area is 299 Å². The lowest BCUT2D eigenvalue weighted by Crippen LogP contribution is -2.56. The Balaban J connectivity index is 1.68. The fourth-order valence-corrected chi connectivity index (χ4v) is 7.75. The quantitative estimate of drug-likeness (QED) is 0.246. The zero-order valence-electron chi connectivity index (χ0n) is 32.1. The summed E-state index contributed by atoms with van der Waals surface area (Å²) in [6, 6.07) is 10.9. The van der Waals surface area contributed by atoms with Crippen LogP contribution in [0.15, 0.2) is 36.4 Å². The van der Waals surface area contributed by atoms with Gasteiger partial charge < -0.3 is 36.0 Å². The topological polar surface area (TPSA) is 133 Å². The van der Waals surface area contributed by atoms with Crippen LogP contribution in [0.3, 0.4) is 0 Å². The fourth-order valence-electron chi connectivity index (χ4n) is 7.75. The van der Waals surface area contributed by atoms with E-state index in [1.54, 1.807) is 19.1 Å². The summed E-state index contributed by atoms with van der Waals surface area (Å²) in [7, 11) is 9.45. The van der Waals surface area contributed by atoms with Crippen LogP contribution in [0.25, 0.3) is 11.1 Å². The number of nitrogens with one attached hydrogen (secondary N) is 2. The highest BCUT2D eigenvalue weighted by molar-refractivity contribution is 5.97. The van der Waals surface area contributed by atoms with Crippen molar-refractivity contribution in [3.05, 3.63) is 47.5 Å². The van der Waals surface area contributed by atoms with E-state index in [4.69, 9.17) is 15.3 Å². The molecule has 1 saturated carbocycles. The molecular formula is C39H62N6O5. The molecule has 0 bridgehead atoms. The van der Waals surface area contributed by atoms with Crippen molar-refractivity contribution >= 4 is 17.5 Å². The summed E-state index contributed by atoms with van der Waals surface area (Å²) in [5.41, 5.74) is 10.2. The number of amides is 2. The van der Waals surface area contributed by atoms with Gasteiger partial charge in [0.25, 0.3) is 5.91 Å². The van der Waals surface area contributed by atoms with Gasteiger partial charge >= 0.3 is 0 Å². The van der Waals surface area contributed by atoms with E-state index in [0.717, 1.165) is 35.3 Å². The molecule has 8 atom stereocenters. The van der Waals surface area contributed by atoms with Crippen molar-refractivity contribution in [3.63, 3.8) is 0 Å². The minimum atomic E-state index is -0.825. The van der Waals surface area contributed by atoms with Crippen molar-refractivity contribution in [1.82, 2.24) is 20.6 Å². The second-order valence-electron chi connectivity index (χ2n) is 15.7. The highest BCUT2D eigenvalue weighted by Crippen LogP contribution is 2.47. The van der Waals surface area contributed by atoms with Crippen LogP contribution in [0.5, 0.6) is 5.75 Å². The van der Waals surface area contributed by atoms with E-state index in [0.29, 0.717) is 29.7 Å². The van der Waals surface area contributed by atoms with E-state index >= 15 is 0 Å². The number of aliphatic hydroxyl groups excluding tert-OH is 1. The average Bonchev–Trinajstić information content (AvgIpc) is 3.44. The summed E-state index contributed by atoms with van der Waals surface area (Å²) in [5.74, 6) is 0.905. The first-order chi connectivity index (χ1) is 23.5.